The highest BCUT2D eigenvalue weighted by atomic mass is 16.6. The predicted octanol–water partition coefficient (Wildman–Crippen LogP) is 2.33. The highest BCUT2D eigenvalue weighted by Crippen LogP contribution is 2.29. The molecule has 0 N–H and O–H groups in total. The lowest BCUT2D eigenvalue weighted by atomic mass is 10.1. The molecule has 1 fully saturated rings. The van der Waals surface area contributed by atoms with Crippen molar-refractivity contribution in [3.63, 3.8) is 0 Å². The number of nitrogens with zero attached hydrogens (tertiary/aromatic N) is 4. The molecule has 0 saturated carbocycles. The number of aromatic nitrogens is 1. The van der Waals surface area contributed by atoms with E-state index in [4.69, 9.17) is 9.47 Å². The quantitative estimate of drug-likeness (QED) is 0.579. The van der Waals surface area contributed by atoms with Crippen LogP contribution in [0.25, 0.3) is 0 Å². The molecule has 0 atom stereocenters. The van der Waals surface area contributed by atoms with E-state index in [-0.39, 0.29) is 10.6 Å². The lowest BCUT2D eigenvalue weighted by molar-refractivity contribution is -0.384. The number of pyridine rings is 1. The van der Waals surface area contributed by atoms with Crippen LogP contribution in [0, 0.1) is 10.1 Å². The molecule has 2 heterocycles. The summed E-state index contributed by atoms with van der Waals surface area (Å²) in [6, 6.07) is 9.00. The van der Waals surface area contributed by atoms with Gasteiger partial charge in [-0.3, -0.25) is 15.0 Å². The summed E-state index contributed by atoms with van der Waals surface area (Å²) >= 11 is 0. The van der Waals surface area contributed by atoms with Crippen molar-refractivity contribution in [2.24, 2.45) is 0 Å². The van der Waals surface area contributed by atoms with Gasteiger partial charge < -0.3 is 14.4 Å². The molecule has 0 bridgehead atoms. The first-order chi connectivity index (χ1) is 12.6. The number of hydrogen-bond acceptors (Lipinski definition) is 7. The molecule has 1 aliphatic heterocycles. The van der Waals surface area contributed by atoms with Gasteiger partial charge >= 0.3 is 5.69 Å². The van der Waals surface area contributed by atoms with Gasteiger partial charge in [0, 0.05) is 45.0 Å². The number of nitro groups is 1. The highest BCUT2D eigenvalue weighted by Gasteiger charge is 2.24. The van der Waals surface area contributed by atoms with Crippen LogP contribution < -0.4 is 14.4 Å². The van der Waals surface area contributed by atoms with Crippen molar-refractivity contribution < 1.29 is 14.4 Å². The van der Waals surface area contributed by atoms with E-state index in [2.05, 4.69) is 9.88 Å². The summed E-state index contributed by atoms with van der Waals surface area (Å²) in [6.07, 6.45) is 1.60. The zero-order valence-corrected chi connectivity index (χ0v) is 14.9. The third kappa shape index (κ3) is 3.85. The number of methoxy groups -OCH3 is 2. The van der Waals surface area contributed by atoms with Crippen LogP contribution in [0.4, 0.5) is 11.5 Å². The zero-order chi connectivity index (χ0) is 18.5. The van der Waals surface area contributed by atoms with Gasteiger partial charge in [0.2, 0.25) is 5.82 Å². The van der Waals surface area contributed by atoms with Crippen molar-refractivity contribution in [2.75, 3.05) is 45.3 Å². The number of piperazine rings is 1. The maximum Gasteiger partial charge on any atom is 0.311 e. The van der Waals surface area contributed by atoms with Crippen LogP contribution in [0.2, 0.25) is 0 Å². The Kier molecular flexibility index (Phi) is 5.52. The summed E-state index contributed by atoms with van der Waals surface area (Å²) in [7, 11) is 3.24. The molecule has 8 heteroatoms. The topological polar surface area (TPSA) is 81.0 Å². The molecule has 3 rings (SSSR count). The van der Waals surface area contributed by atoms with Gasteiger partial charge in [0.25, 0.3) is 0 Å². The van der Waals surface area contributed by atoms with Gasteiger partial charge in [0.05, 0.1) is 19.1 Å². The van der Waals surface area contributed by atoms with Crippen LogP contribution in [0.1, 0.15) is 5.56 Å². The van der Waals surface area contributed by atoms with E-state index in [9.17, 15) is 10.1 Å². The van der Waals surface area contributed by atoms with E-state index in [0.717, 1.165) is 25.2 Å². The second kappa shape index (κ2) is 8.01. The minimum atomic E-state index is -0.377. The van der Waals surface area contributed by atoms with Crippen molar-refractivity contribution >= 4 is 11.5 Å². The fourth-order valence-electron chi connectivity index (χ4n) is 3.13. The summed E-state index contributed by atoms with van der Waals surface area (Å²) in [6.45, 7) is 3.80. The second-order valence-corrected chi connectivity index (χ2v) is 6.06. The summed E-state index contributed by atoms with van der Waals surface area (Å²) in [4.78, 5) is 19.3. The van der Waals surface area contributed by atoms with E-state index in [1.54, 1.807) is 26.5 Å². The van der Waals surface area contributed by atoms with Gasteiger partial charge in [-0.1, -0.05) is 6.07 Å². The lowest BCUT2D eigenvalue weighted by Crippen LogP contribution is -2.46. The third-order valence-corrected chi connectivity index (χ3v) is 4.49. The van der Waals surface area contributed by atoms with E-state index >= 15 is 0 Å². The Morgan fingerprint density at radius 3 is 2.50 bits per heavy atom. The van der Waals surface area contributed by atoms with Gasteiger partial charge in [0.1, 0.15) is 0 Å². The van der Waals surface area contributed by atoms with Crippen LogP contribution in [0.5, 0.6) is 11.5 Å². The van der Waals surface area contributed by atoms with Crippen molar-refractivity contribution in [1.29, 1.82) is 0 Å². The first kappa shape index (κ1) is 17.9. The molecule has 0 amide bonds. The van der Waals surface area contributed by atoms with E-state index in [0.29, 0.717) is 30.4 Å². The minimum absolute atomic E-state index is 0.0563. The Balaban J connectivity index is 1.64. The van der Waals surface area contributed by atoms with Gasteiger partial charge in [0.15, 0.2) is 11.5 Å². The van der Waals surface area contributed by atoms with Crippen molar-refractivity contribution in [3.8, 4) is 11.5 Å². The lowest BCUT2D eigenvalue weighted by Gasteiger charge is -2.35. The van der Waals surface area contributed by atoms with Crippen LogP contribution in [0.15, 0.2) is 36.5 Å². The Bertz CT molecular complexity index is 776. The number of benzene rings is 1. The van der Waals surface area contributed by atoms with Gasteiger partial charge in [-0.15, -0.1) is 0 Å². The molecule has 0 unspecified atom stereocenters. The van der Waals surface area contributed by atoms with Crippen molar-refractivity contribution in [3.05, 3.63) is 52.2 Å². The van der Waals surface area contributed by atoms with Crippen LogP contribution >= 0.6 is 0 Å². The first-order valence-electron chi connectivity index (χ1n) is 8.40. The molecule has 1 aromatic carbocycles. The summed E-state index contributed by atoms with van der Waals surface area (Å²) in [5, 5.41) is 11.2. The summed E-state index contributed by atoms with van der Waals surface area (Å²) < 4.78 is 10.6. The van der Waals surface area contributed by atoms with Crippen molar-refractivity contribution in [2.45, 2.75) is 6.54 Å². The van der Waals surface area contributed by atoms with E-state index < -0.39 is 0 Å². The monoisotopic (exact) mass is 358 g/mol. The zero-order valence-electron chi connectivity index (χ0n) is 14.9. The smallest absolute Gasteiger partial charge is 0.311 e. The third-order valence-electron chi connectivity index (χ3n) is 4.49. The average Bonchev–Trinajstić information content (AvgIpc) is 2.68. The summed E-state index contributed by atoms with van der Waals surface area (Å²) in [5.74, 6) is 1.87. The van der Waals surface area contributed by atoms with Gasteiger partial charge in [-0.05, 0) is 23.8 Å². The van der Waals surface area contributed by atoms with E-state index in [1.165, 1.54) is 6.07 Å². The molecule has 1 aliphatic rings. The van der Waals surface area contributed by atoms with Crippen LogP contribution in [-0.4, -0.2) is 55.2 Å². The SMILES string of the molecule is COc1ccc(CN2CCN(c3ncccc3[N+](=O)[O-])CC2)cc1OC. The van der Waals surface area contributed by atoms with Crippen LogP contribution in [-0.2, 0) is 6.54 Å². The Labute approximate surface area is 152 Å². The molecule has 8 nitrogen and oxygen atoms in total. The fraction of sp³-hybridized carbons (Fsp3) is 0.389. The number of hydrogen-bond donors (Lipinski definition) is 0. The first-order valence-corrected chi connectivity index (χ1v) is 8.40. The molecule has 1 saturated heterocycles. The maximum atomic E-state index is 11.2. The second-order valence-electron chi connectivity index (χ2n) is 6.06. The molecule has 0 spiro atoms. The minimum Gasteiger partial charge on any atom is -0.493 e. The number of anilines is 1. The van der Waals surface area contributed by atoms with Crippen LogP contribution in [0.3, 0.4) is 0 Å². The molecule has 1 aromatic heterocycles. The standard InChI is InChI=1S/C18H22N4O4/c1-25-16-6-5-14(12-17(16)26-2)13-20-8-10-21(11-9-20)18-15(22(23)24)4-3-7-19-18/h3-7,12H,8-11,13H2,1-2H3. The molecular formula is C18H22N4O4. The molecular weight excluding hydrogens is 336 g/mol. The van der Waals surface area contributed by atoms with Gasteiger partial charge in [-0.25, -0.2) is 4.98 Å². The van der Waals surface area contributed by atoms with Gasteiger partial charge in [-0.2, -0.15) is 0 Å². The largest absolute Gasteiger partial charge is 0.493 e. The van der Waals surface area contributed by atoms with Crippen molar-refractivity contribution in [1.82, 2.24) is 9.88 Å². The molecule has 138 valence electrons. The maximum absolute atomic E-state index is 11.2. The summed E-state index contributed by atoms with van der Waals surface area (Å²) in [5.41, 5.74) is 1.20. The average molecular weight is 358 g/mol. The molecule has 2 aromatic rings. The predicted molar refractivity (Wildman–Crippen MR) is 97.9 cm³/mol. The Hall–Kier alpha value is -2.87. The Morgan fingerprint density at radius 2 is 1.85 bits per heavy atom. The normalized spacial score (nSPS) is 14.9. The molecule has 26 heavy (non-hydrogen) atoms. The molecule has 0 radical (unpaired) electrons. The van der Waals surface area contributed by atoms with E-state index in [1.807, 2.05) is 23.1 Å². The number of ether oxygens (including phenoxy) is 2. The molecule has 0 aliphatic carbocycles. The fourth-order valence-corrected chi connectivity index (χ4v) is 3.13. The Morgan fingerprint density at radius 1 is 1.12 bits per heavy atom. The highest BCUT2D eigenvalue weighted by molar-refractivity contribution is 5.57. The number of rotatable bonds is 6.